The molecular weight excluding hydrogens is 424 g/mol. The average Bonchev–Trinajstić information content (AvgIpc) is 3.17. The molecule has 0 N–H and O–H groups in total. The fourth-order valence-electron chi connectivity index (χ4n) is 3.33. The SMILES string of the molecule is CC(CSc1cccc[n+]1Cc1ccccc1)C(=O)N1CCC[C@H]1C(=O)Br. The Labute approximate surface area is 173 Å². The summed E-state index contributed by atoms with van der Waals surface area (Å²) >= 11 is 4.72. The topological polar surface area (TPSA) is 41.3 Å². The van der Waals surface area contributed by atoms with E-state index in [0.29, 0.717) is 12.3 Å². The molecule has 1 amide bonds. The molecule has 0 aliphatic carbocycles. The minimum Gasteiger partial charge on any atom is -0.331 e. The molecule has 1 fully saturated rings. The summed E-state index contributed by atoms with van der Waals surface area (Å²) in [6, 6.07) is 16.2. The van der Waals surface area contributed by atoms with Crippen LogP contribution in [0.1, 0.15) is 25.3 Å². The molecule has 6 heteroatoms. The van der Waals surface area contributed by atoms with E-state index in [-0.39, 0.29) is 22.6 Å². The van der Waals surface area contributed by atoms with Crippen molar-refractivity contribution in [1.82, 2.24) is 4.90 Å². The first-order valence-corrected chi connectivity index (χ1v) is 11.0. The summed E-state index contributed by atoms with van der Waals surface area (Å²) in [5.41, 5.74) is 1.25. The standard InChI is InChI=1S/C21H24BrN2O2S/c1-16(21(26)24-13-7-10-18(24)20(22)25)15-27-19-11-5-6-12-23(19)14-17-8-3-2-4-9-17/h2-6,8-9,11-12,16,18H,7,10,13-15H2,1H3/q+1/t16?,18-/m0/s1. The van der Waals surface area contributed by atoms with Gasteiger partial charge in [-0.25, -0.2) is 0 Å². The highest BCUT2D eigenvalue weighted by atomic mass is 79.9. The average molecular weight is 448 g/mol. The smallest absolute Gasteiger partial charge is 0.240 e. The molecule has 4 nitrogen and oxygen atoms in total. The minimum atomic E-state index is -0.301. The van der Waals surface area contributed by atoms with Crippen LogP contribution in [0.4, 0.5) is 0 Å². The second-order valence-corrected chi connectivity index (χ2v) is 8.68. The largest absolute Gasteiger partial charge is 0.331 e. The van der Waals surface area contributed by atoms with Gasteiger partial charge in [0.05, 0.1) is 0 Å². The van der Waals surface area contributed by atoms with Gasteiger partial charge in [0.25, 0.3) is 0 Å². The molecular formula is C21H24BrN2O2S+. The molecule has 2 atom stereocenters. The lowest BCUT2D eigenvalue weighted by Gasteiger charge is -2.25. The normalized spacial score (nSPS) is 17.7. The van der Waals surface area contributed by atoms with Gasteiger partial charge in [-0.3, -0.25) is 9.59 Å². The van der Waals surface area contributed by atoms with Gasteiger partial charge in [-0.05, 0) is 34.8 Å². The number of hydrogen-bond donors (Lipinski definition) is 0. The van der Waals surface area contributed by atoms with Crippen LogP contribution in [0.15, 0.2) is 59.8 Å². The zero-order chi connectivity index (χ0) is 19.2. The zero-order valence-corrected chi connectivity index (χ0v) is 17.8. The lowest BCUT2D eigenvalue weighted by molar-refractivity contribution is -0.724. The highest BCUT2D eigenvalue weighted by Gasteiger charge is 2.34. The summed E-state index contributed by atoms with van der Waals surface area (Å²) in [6.07, 6.45) is 3.72. The van der Waals surface area contributed by atoms with E-state index in [9.17, 15) is 9.59 Å². The van der Waals surface area contributed by atoms with E-state index >= 15 is 0 Å². The summed E-state index contributed by atoms with van der Waals surface area (Å²) in [5.74, 6) is 0.633. The number of aromatic nitrogens is 1. The Balaban J connectivity index is 1.63. The fraction of sp³-hybridized carbons (Fsp3) is 0.381. The molecule has 2 aromatic rings. The van der Waals surface area contributed by atoms with Crippen LogP contribution in [0.25, 0.3) is 0 Å². The molecule has 142 valence electrons. The second-order valence-electron chi connectivity index (χ2n) is 6.86. The van der Waals surface area contributed by atoms with Gasteiger partial charge in [-0.1, -0.05) is 49.0 Å². The predicted molar refractivity (Wildman–Crippen MR) is 111 cm³/mol. The molecule has 1 aliphatic rings. The van der Waals surface area contributed by atoms with Gasteiger partial charge in [-0.2, -0.15) is 4.57 Å². The number of rotatable bonds is 7. The Morgan fingerprint density at radius 1 is 1.22 bits per heavy atom. The first-order chi connectivity index (χ1) is 13.1. The van der Waals surface area contributed by atoms with Crippen molar-refractivity contribution in [2.75, 3.05) is 12.3 Å². The monoisotopic (exact) mass is 447 g/mol. The van der Waals surface area contributed by atoms with Crippen molar-refractivity contribution < 1.29 is 14.2 Å². The van der Waals surface area contributed by atoms with E-state index in [1.165, 1.54) is 5.56 Å². The van der Waals surface area contributed by atoms with Crippen LogP contribution in [-0.2, 0) is 16.1 Å². The number of halogens is 1. The van der Waals surface area contributed by atoms with E-state index in [1.54, 1.807) is 16.7 Å². The number of amides is 1. The number of benzene rings is 1. The van der Waals surface area contributed by atoms with Crippen molar-refractivity contribution in [3.05, 3.63) is 60.3 Å². The molecule has 1 aliphatic heterocycles. The van der Waals surface area contributed by atoms with E-state index in [1.807, 2.05) is 37.3 Å². The molecule has 0 radical (unpaired) electrons. The zero-order valence-electron chi connectivity index (χ0n) is 15.4. The molecule has 0 bridgehead atoms. The van der Waals surface area contributed by atoms with Crippen LogP contribution in [-0.4, -0.2) is 33.8 Å². The molecule has 27 heavy (non-hydrogen) atoms. The molecule has 1 unspecified atom stereocenters. The maximum Gasteiger partial charge on any atom is 0.240 e. The molecule has 2 heterocycles. The summed E-state index contributed by atoms with van der Waals surface area (Å²) in [7, 11) is 0. The van der Waals surface area contributed by atoms with Crippen molar-refractivity contribution in [2.45, 2.75) is 37.4 Å². The minimum absolute atomic E-state index is 0.0725. The summed E-state index contributed by atoms with van der Waals surface area (Å²) in [5, 5.41) is 1.13. The number of pyridine rings is 1. The van der Waals surface area contributed by atoms with Crippen LogP contribution in [0.2, 0.25) is 0 Å². The Morgan fingerprint density at radius 2 is 1.96 bits per heavy atom. The van der Waals surface area contributed by atoms with Gasteiger partial charge in [0.2, 0.25) is 15.6 Å². The first kappa shape index (κ1) is 20.1. The van der Waals surface area contributed by atoms with Crippen molar-refractivity contribution in [3.63, 3.8) is 0 Å². The van der Waals surface area contributed by atoms with Gasteiger partial charge >= 0.3 is 0 Å². The lowest BCUT2D eigenvalue weighted by atomic mass is 10.1. The van der Waals surface area contributed by atoms with E-state index in [4.69, 9.17) is 0 Å². The maximum atomic E-state index is 12.8. The Bertz CT molecular complexity index is 800. The molecule has 0 saturated carbocycles. The van der Waals surface area contributed by atoms with Gasteiger partial charge < -0.3 is 4.90 Å². The molecule has 1 saturated heterocycles. The Hall–Kier alpha value is -1.66. The first-order valence-electron chi connectivity index (χ1n) is 9.21. The van der Waals surface area contributed by atoms with Crippen LogP contribution < -0.4 is 4.57 Å². The quantitative estimate of drug-likeness (QED) is 0.369. The molecule has 1 aromatic heterocycles. The van der Waals surface area contributed by atoms with Crippen LogP contribution in [0.5, 0.6) is 0 Å². The fourth-order valence-corrected chi connectivity index (χ4v) is 4.84. The Kier molecular flexibility index (Phi) is 7.07. The van der Waals surface area contributed by atoms with Crippen molar-refractivity contribution in [1.29, 1.82) is 0 Å². The van der Waals surface area contributed by atoms with Crippen LogP contribution in [0.3, 0.4) is 0 Å². The number of hydrogen-bond acceptors (Lipinski definition) is 3. The number of likely N-dealkylation sites (tertiary alicyclic amines) is 1. The van der Waals surface area contributed by atoms with Gasteiger partial charge in [0, 0.05) is 35.9 Å². The maximum absolute atomic E-state index is 12.8. The van der Waals surface area contributed by atoms with Crippen molar-refractivity contribution in [3.8, 4) is 0 Å². The third kappa shape index (κ3) is 5.20. The third-order valence-electron chi connectivity index (χ3n) is 4.80. The third-order valence-corrected chi connectivity index (χ3v) is 6.66. The number of carbonyl (C=O) groups is 2. The number of thioether (sulfide) groups is 1. The van der Waals surface area contributed by atoms with Gasteiger partial charge in [0.1, 0.15) is 6.04 Å². The van der Waals surface area contributed by atoms with Crippen molar-refractivity contribution >= 4 is 38.3 Å². The summed E-state index contributed by atoms with van der Waals surface area (Å²) in [6.45, 7) is 3.43. The molecule has 1 aromatic carbocycles. The molecule has 3 rings (SSSR count). The van der Waals surface area contributed by atoms with E-state index in [2.05, 4.69) is 44.9 Å². The van der Waals surface area contributed by atoms with E-state index < -0.39 is 0 Å². The van der Waals surface area contributed by atoms with Gasteiger partial charge in [0.15, 0.2) is 12.7 Å². The lowest BCUT2D eigenvalue weighted by Crippen LogP contribution is -2.42. The van der Waals surface area contributed by atoms with Crippen molar-refractivity contribution in [2.24, 2.45) is 5.92 Å². The second kappa shape index (κ2) is 9.51. The highest BCUT2D eigenvalue weighted by molar-refractivity contribution is 9.18. The Morgan fingerprint density at radius 3 is 2.70 bits per heavy atom. The number of carbonyl (C=O) groups excluding carboxylic acids is 2. The number of nitrogens with zero attached hydrogens (tertiary/aromatic N) is 2. The van der Waals surface area contributed by atoms with Crippen LogP contribution in [0, 0.1) is 5.92 Å². The van der Waals surface area contributed by atoms with E-state index in [0.717, 1.165) is 24.4 Å². The van der Waals surface area contributed by atoms with Gasteiger partial charge in [-0.15, -0.1) is 0 Å². The summed E-state index contributed by atoms with van der Waals surface area (Å²) < 4.78 is 2.12. The molecule has 0 spiro atoms. The summed E-state index contributed by atoms with van der Waals surface area (Å²) in [4.78, 5) is 26.2. The predicted octanol–water partition coefficient (Wildman–Crippen LogP) is 3.66. The highest BCUT2D eigenvalue weighted by Crippen LogP contribution is 2.25. The van der Waals surface area contributed by atoms with Crippen LogP contribution >= 0.6 is 27.7 Å².